The van der Waals surface area contributed by atoms with Gasteiger partial charge in [-0.05, 0) is 5.56 Å². The topological polar surface area (TPSA) is 84.2 Å². The maximum absolute atomic E-state index is 10.8. The molecule has 1 heterocycles. The number of aryl methyl sites for hydroxylation is 1. The van der Waals surface area contributed by atoms with E-state index in [2.05, 4.69) is 10.4 Å². The van der Waals surface area contributed by atoms with E-state index in [-0.39, 0.29) is 5.91 Å². The van der Waals surface area contributed by atoms with E-state index in [0.717, 1.165) is 5.56 Å². The Balaban J connectivity index is 2.37. The van der Waals surface area contributed by atoms with Gasteiger partial charge in [0.05, 0.1) is 6.20 Å². The number of hydrogen-bond acceptors (Lipinski definition) is 4. The van der Waals surface area contributed by atoms with E-state index in [9.17, 15) is 9.59 Å². The molecule has 1 aromatic heterocycles. The molecule has 0 aliphatic heterocycles. The summed E-state index contributed by atoms with van der Waals surface area (Å²) in [5.41, 5.74) is 1.03. The van der Waals surface area contributed by atoms with Crippen molar-refractivity contribution in [3.8, 4) is 0 Å². The van der Waals surface area contributed by atoms with Crippen molar-refractivity contribution in [2.45, 2.75) is 18.7 Å². The van der Waals surface area contributed by atoms with Crippen LogP contribution in [-0.2, 0) is 22.4 Å². The number of thioether (sulfide) groups is 1. The van der Waals surface area contributed by atoms with E-state index in [1.807, 2.05) is 13.2 Å². The van der Waals surface area contributed by atoms with E-state index < -0.39 is 12.0 Å². The largest absolute Gasteiger partial charge is 0.480 e. The Bertz CT molecular complexity index is 405. The first kappa shape index (κ1) is 13.6. The lowest BCUT2D eigenvalue weighted by Crippen LogP contribution is -2.41. The van der Waals surface area contributed by atoms with Gasteiger partial charge in [-0.1, -0.05) is 0 Å². The van der Waals surface area contributed by atoms with Crippen molar-refractivity contribution in [1.29, 1.82) is 0 Å². The van der Waals surface area contributed by atoms with Gasteiger partial charge >= 0.3 is 5.97 Å². The van der Waals surface area contributed by atoms with E-state index >= 15 is 0 Å². The van der Waals surface area contributed by atoms with Gasteiger partial charge in [0, 0.05) is 31.7 Å². The van der Waals surface area contributed by atoms with E-state index in [0.29, 0.717) is 11.5 Å². The molecule has 7 heteroatoms. The molecule has 0 saturated heterocycles. The summed E-state index contributed by atoms with van der Waals surface area (Å²) < 4.78 is 1.69. The molecule has 0 spiro atoms. The monoisotopic (exact) mass is 257 g/mol. The maximum atomic E-state index is 10.8. The van der Waals surface area contributed by atoms with Gasteiger partial charge in [-0.3, -0.25) is 9.48 Å². The highest BCUT2D eigenvalue weighted by Crippen LogP contribution is 2.12. The molecular formula is C10H15N3O3S. The molecule has 0 bridgehead atoms. The van der Waals surface area contributed by atoms with Crippen molar-refractivity contribution in [2.24, 2.45) is 7.05 Å². The number of carboxylic acids is 1. The van der Waals surface area contributed by atoms with Crippen LogP contribution in [0.1, 0.15) is 12.5 Å². The summed E-state index contributed by atoms with van der Waals surface area (Å²) in [5.74, 6) is -0.334. The second kappa shape index (κ2) is 6.29. The fourth-order valence-corrected chi connectivity index (χ4v) is 2.23. The number of hydrogen-bond donors (Lipinski definition) is 2. The first-order chi connectivity index (χ1) is 7.99. The lowest BCUT2D eigenvalue weighted by molar-refractivity contribution is -0.140. The Hall–Kier alpha value is -1.50. The molecule has 0 unspecified atom stereocenters. The van der Waals surface area contributed by atoms with Gasteiger partial charge in [0.2, 0.25) is 5.91 Å². The zero-order valence-corrected chi connectivity index (χ0v) is 10.5. The Morgan fingerprint density at radius 2 is 2.35 bits per heavy atom. The van der Waals surface area contributed by atoms with Crippen LogP contribution >= 0.6 is 11.8 Å². The molecule has 0 aliphatic rings. The minimum Gasteiger partial charge on any atom is -0.480 e. The first-order valence-electron chi connectivity index (χ1n) is 5.04. The number of amides is 1. The van der Waals surface area contributed by atoms with Crippen LogP contribution in [-0.4, -0.2) is 38.6 Å². The van der Waals surface area contributed by atoms with E-state index in [1.54, 1.807) is 10.9 Å². The SMILES string of the molecule is CC(=O)N[C@@H](CSCc1cnn(C)c1)C(=O)O. The fourth-order valence-electron chi connectivity index (χ4n) is 1.26. The van der Waals surface area contributed by atoms with Crippen molar-refractivity contribution < 1.29 is 14.7 Å². The highest BCUT2D eigenvalue weighted by molar-refractivity contribution is 7.98. The molecule has 6 nitrogen and oxygen atoms in total. The normalized spacial score (nSPS) is 12.1. The van der Waals surface area contributed by atoms with Crippen LogP contribution in [0.25, 0.3) is 0 Å². The Kier molecular flexibility index (Phi) is 5.02. The minimum absolute atomic E-state index is 0.334. The maximum Gasteiger partial charge on any atom is 0.327 e. The van der Waals surface area contributed by atoms with Gasteiger partial charge in [-0.2, -0.15) is 16.9 Å². The Morgan fingerprint density at radius 1 is 1.65 bits per heavy atom. The van der Waals surface area contributed by atoms with Gasteiger partial charge in [0.15, 0.2) is 0 Å². The summed E-state index contributed by atoms with van der Waals surface area (Å²) in [6.07, 6.45) is 3.61. The van der Waals surface area contributed by atoms with Crippen molar-refractivity contribution in [2.75, 3.05) is 5.75 Å². The lowest BCUT2D eigenvalue weighted by Gasteiger charge is -2.12. The van der Waals surface area contributed by atoms with Crippen LogP contribution in [0.2, 0.25) is 0 Å². The highest BCUT2D eigenvalue weighted by atomic mass is 32.2. The van der Waals surface area contributed by atoms with Crippen LogP contribution in [0.15, 0.2) is 12.4 Å². The van der Waals surface area contributed by atoms with Gasteiger partial charge in [0.25, 0.3) is 0 Å². The number of nitrogens with one attached hydrogen (secondary N) is 1. The molecule has 0 fully saturated rings. The molecule has 17 heavy (non-hydrogen) atoms. The average Bonchev–Trinajstić information content (AvgIpc) is 2.62. The second-order valence-corrected chi connectivity index (χ2v) is 4.66. The summed E-state index contributed by atoms with van der Waals surface area (Å²) in [7, 11) is 1.82. The predicted molar refractivity (Wildman–Crippen MR) is 64.6 cm³/mol. The summed E-state index contributed by atoms with van der Waals surface area (Å²) in [6, 6.07) is -0.839. The van der Waals surface area contributed by atoms with Crippen LogP contribution in [0.5, 0.6) is 0 Å². The lowest BCUT2D eigenvalue weighted by atomic mass is 10.3. The minimum atomic E-state index is -1.01. The molecular weight excluding hydrogens is 242 g/mol. The standard InChI is InChI=1S/C10H15N3O3S/c1-7(14)12-9(10(15)16)6-17-5-8-3-11-13(2)4-8/h3-4,9H,5-6H2,1-2H3,(H,12,14)(H,15,16)/t9-/m0/s1. The summed E-state index contributed by atoms with van der Waals surface area (Å²) >= 11 is 1.45. The van der Waals surface area contributed by atoms with Gasteiger partial charge in [0.1, 0.15) is 6.04 Å². The first-order valence-corrected chi connectivity index (χ1v) is 6.19. The fraction of sp³-hybridized carbons (Fsp3) is 0.500. The summed E-state index contributed by atoms with van der Waals surface area (Å²) in [6.45, 7) is 1.31. The number of nitrogens with zero attached hydrogens (tertiary/aromatic N) is 2. The third-order valence-corrected chi connectivity index (χ3v) is 3.09. The zero-order valence-electron chi connectivity index (χ0n) is 9.71. The third kappa shape index (κ3) is 4.90. The predicted octanol–water partition coefficient (Wildman–Crippen LogP) is 0.243. The molecule has 0 saturated carbocycles. The molecule has 94 valence electrons. The number of carbonyl (C=O) groups is 2. The quantitative estimate of drug-likeness (QED) is 0.762. The van der Waals surface area contributed by atoms with Crippen molar-refractivity contribution >= 4 is 23.6 Å². The highest BCUT2D eigenvalue weighted by Gasteiger charge is 2.17. The summed E-state index contributed by atoms with van der Waals surface area (Å²) in [4.78, 5) is 21.6. The molecule has 1 rings (SSSR count). The van der Waals surface area contributed by atoms with Crippen LogP contribution < -0.4 is 5.32 Å². The number of rotatable bonds is 6. The third-order valence-electron chi connectivity index (χ3n) is 1.99. The molecule has 1 amide bonds. The number of aromatic nitrogens is 2. The summed E-state index contributed by atoms with van der Waals surface area (Å²) in [5, 5.41) is 15.3. The molecule has 0 aliphatic carbocycles. The van der Waals surface area contributed by atoms with Crippen LogP contribution in [0.3, 0.4) is 0 Å². The van der Waals surface area contributed by atoms with E-state index in [4.69, 9.17) is 5.11 Å². The van der Waals surface area contributed by atoms with Crippen molar-refractivity contribution in [1.82, 2.24) is 15.1 Å². The van der Waals surface area contributed by atoms with Crippen LogP contribution in [0, 0.1) is 0 Å². The molecule has 0 aromatic carbocycles. The molecule has 0 radical (unpaired) electrons. The zero-order chi connectivity index (χ0) is 12.8. The Labute approximate surface area is 103 Å². The van der Waals surface area contributed by atoms with E-state index in [1.165, 1.54) is 18.7 Å². The number of carbonyl (C=O) groups excluding carboxylic acids is 1. The molecule has 1 aromatic rings. The number of carboxylic acid groups (broad SMARTS) is 1. The van der Waals surface area contributed by atoms with Gasteiger partial charge < -0.3 is 10.4 Å². The van der Waals surface area contributed by atoms with Crippen LogP contribution in [0.4, 0.5) is 0 Å². The number of aliphatic carboxylic acids is 1. The van der Waals surface area contributed by atoms with Crippen molar-refractivity contribution in [3.63, 3.8) is 0 Å². The molecule has 1 atom stereocenters. The van der Waals surface area contributed by atoms with Crippen molar-refractivity contribution in [3.05, 3.63) is 18.0 Å². The smallest absolute Gasteiger partial charge is 0.327 e. The molecule has 2 N–H and O–H groups in total. The van der Waals surface area contributed by atoms with Gasteiger partial charge in [-0.25, -0.2) is 4.79 Å². The average molecular weight is 257 g/mol. The Morgan fingerprint density at radius 3 is 2.82 bits per heavy atom. The van der Waals surface area contributed by atoms with Gasteiger partial charge in [-0.15, -0.1) is 0 Å². The second-order valence-electron chi connectivity index (χ2n) is 3.63.